The molecule has 0 saturated carbocycles. The summed E-state index contributed by atoms with van der Waals surface area (Å²) in [4.78, 5) is 18.1. The summed E-state index contributed by atoms with van der Waals surface area (Å²) in [5.41, 5.74) is 1.58. The van der Waals surface area contributed by atoms with Crippen LogP contribution in [0.4, 0.5) is 0 Å². The van der Waals surface area contributed by atoms with E-state index in [0.717, 1.165) is 36.3 Å². The molecule has 32 heavy (non-hydrogen) atoms. The Labute approximate surface area is 192 Å². The van der Waals surface area contributed by atoms with Crippen LogP contribution in [0.2, 0.25) is 5.02 Å². The smallest absolute Gasteiger partial charge is 0.261 e. The van der Waals surface area contributed by atoms with Crippen LogP contribution in [0, 0.1) is 0 Å². The van der Waals surface area contributed by atoms with Gasteiger partial charge in [-0.2, -0.15) is 0 Å². The topological polar surface area (TPSA) is 53.3 Å². The number of rotatable bonds is 9. The maximum atomic E-state index is 13.2. The quantitative estimate of drug-likeness (QED) is 0.296. The van der Waals surface area contributed by atoms with E-state index in [-0.39, 0.29) is 5.56 Å². The fourth-order valence-electron chi connectivity index (χ4n) is 3.61. The van der Waals surface area contributed by atoms with Crippen LogP contribution in [0.3, 0.4) is 0 Å². The van der Waals surface area contributed by atoms with E-state index in [4.69, 9.17) is 26.1 Å². The van der Waals surface area contributed by atoms with Crippen molar-refractivity contribution in [1.29, 1.82) is 0 Å². The Hall–Kier alpha value is -3.31. The van der Waals surface area contributed by atoms with Gasteiger partial charge in [-0.15, -0.1) is 0 Å². The van der Waals surface area contributed by atoms with E-state index in [9.17, 15) is 4.79 Å². The van der Waals surface area contributed by atoms with Crippen LogP contribution in [-0.4, -0.2) is 23.3 Å². The fraction of sp³-hybridized carbons (Fsp3) is 0.231. The highest BCUT2D eigenvalue weighted by Gasteiger charge is 2.12. The zero-order chi connectivity index (χ0) is 22.3. The molecule has 4 rings (SSSR count). The number of hydrogen-bond donors (Lipinski definition) is 0. The molecule has 0 aliphatic rings. The maximum Gasteiger partial charge on any atom is 0.261 e. The van der Waals surface area contributed by atoms with Crippen LogP contribution in [0.15, 0.2) is 77.6 Å². The summed E-state index contributed by atoms with van der Waals surface area (Å²) in [6, 6.07) is 22.5. The number of fused-ring (bicyclic) bond motifs is 1. The Morgan fingerprint density at radius 3 is 2.34 bits per heavy atom. The second kappa shape index (κ2) is 10.3. The number of halogens is 1. The molecule has 3 aromatic carbocycles. The summed E-state index contributed by atoms with van der Waals surface area (Å²) in [6.45, 7) is 1.22. The molecule has 5 nitrogen and oxygen atoms in total. The average molecular weight is 449 g/mol. The van der Waals surface area contributed by atoms with Crippen molar-refractivity contribution < 1.29 is 9.47 Å². The van der Waals surface area contributed by atoms with E-state index < -0.39 is 0 Å². The number of methoxy groups -OCH3 is 1. The lowest BCUT2D eigenvalue weighted by atomic mass is 10.1. The summed E-state index contributed by atoms with van der Waals surface area (Å²) in [5.74, 6) is 2.25. The van der Waals surface area contributed by atoms with Gasteiger partial charge in [0, 0.05) is 17.1 Å². The molecule has 0 unspecified atom stereocenters. The molecule has 164 valence electrons. The summed E-state index contributed by atoms with van der Waals surface area (Å²) < 4.78 is 12.8. The van der Waals surface area contributed by atoms with Crippen LogP contribution in [0.25, 0.3) is 22.3 Å². The van der Waals surface area contributed by atoms with Crippen molar-refractivity contribution in [2.75, 3.05) is 13.7 Å². The van der Waals surface area contributed by atoms with Crippen LogP contribution < -0.4 is 15.0 Å². The fourth-order valence-corrected chi connectivity index (χ4v) is 3.73. The van der Waals surface area contributed by atoms with Gasteiger partial charge in [0.05, 0.1) is 24.6 Å². The number of para-hydroxylation sites is 1. The van der Waals surface area contributed by atoms with Crippen LogP contribution >= 0.6 is 11.6 Å². The number of benzene rings is 3. The van der Waals surface area contributed by atoms with Gasteiger partial charge in [0.15, 0.2) is 0 Å². The van der Waals surface area contributed by atoms with Crippen LogP contribution in [0.1, 0.15) is 19.3 Å². The van der Waals surface area contributed by atoms with Crippen LogP contribution in [-0.2, 0) is 6.54 Å². The highest BCUT2D eigenvalue weighted by molar-refractivity contribution is 6.30. The third kappa shape index (κ3) is 5.11. The molecule has 0 atom stereocenters. The minimum absolute atomic E-state index is 0.0150. The average Bonchev–Trinajstić information content (AvgIpc) is 2.83. The van der Waals surface area contributed by atoms with E-state index >= 15 is 0 Å². The standard InChI is InChI=1S/C26H25ClN2O3/c1-31-21-13-9-19(10-14-21)25-28-24-8-4-3-7-23(24)26(30)29(25)17-5-2-6-18-32-22-15-11-20(27)12-16-22/h3-4,7-16H,2,5-6,17-18H2,1H3. The molecule has 4 aromatic rings. The van der Waals surface area contributed by atoms with Crippen molar-refractivity contribution in [3.05, 3.63) is 88.2 Å². The van der Waals surface area contributed by atoms with Crippen molar-refractivity contribution >= 4 is 22.5 Å². The third-order valence-corrected chi connectivity index (χ3v) is 5.57. The Morgan fingerprint density at radius 2 is 1.59 bits per heavy atom. The molecule has 0 radical (unpaired) electrons. The Morgan fingerprint density at radius 1 is 0.875 bits per heavy atom. The summed E-state index contributed by atoms with van der Waals surface area (Å²) in [6.07, 6.45) is 2.69. The van der Waals surface area contributed by atoms with E-state index in [1.165, 1.54) is 0 Å². The first-order chi connectivity index (χ1) is 15.7. The second-order valence-electron chi connectivity index (χ2n) is 7.50. The van der Waals surface area contributed by atoms with Gasteiger partial charge in [0.25, 0.3) is 5.56 Å². The first kappa shape index (κ1) is 21.9. The summed E-state index contributed by atoms with van der Waals surface area (Å²) in [5, 5.41) is 1.33. The summed E-state index contributed by atoms with van der Waals surface area (Å²) >= 11 is 5.90. The third-order valence-electron chi connectivity index (χ3n) is 5.32. The molecule has 0 N–H and O–H groups in total. The zero-order valence-corrected chi connectivity index (χ0v) is 18.7. The molecule has 0 bridgehead atoms. The molecule has 0 amide bonds. The molecule has 0 spiro atoms. The lowest BCUT2D eigenvalue weighted by Crippen LogP contribution is -2.23. The molecule has 0 aliphatic heterocycles. The number of nitrogens with zero attached hydrogens (tertiary/aromatic N) is 2. The molecule has 1 aromatic heterocycles. The highest BCUT2D eigenvalue weighted by atomic mass is 35.5. The second-order valence-corrected chi connectivity index (χ2v) is 7.94. The van der Waals surface area contributed by atoms with E-state index in [0.29, 0.717) is 34.9 Å². The van der Waals surface area contributed by atoms with Crippen molar-refractivity contribution in [3.8, 4) is 22.9 Å². The predicted octanol–water partition coefficient (Wildman–Crippen LogP) is 5.97. The highest BCUT2D eigenvalue weighted by Crippen LogP contribution is 2.22. The van der Waals surface area contributed by atoms with Crippen molar-refractivity contribution in [2.24, 2.45) is 0 Å². The molecular formula is C26H25ClN2O3. The Kier molecular flexibility index (Phi) is 7.07. The first-order valence-electron chi connectivity index (χ1n) is 10.7. The van der Waals surface area contributed by atoms with Gasteiger partial charge >= 0.3 is 0 Å². The van der Waals surface area contributed by atoms with Gasteiger partial charge in [-0.1, -0.05) is 23.7 Å². The van der Waals surface area contributed by atoms with E-state index in [2.05, 4.69) is 0 Å². The first-order valence-corrected chi connectivity index (χ1v) is 11.1. The summed E-state index contributed by atoms with van der Waals surface area (Å²) in [7, 11) is 1.63. The maximum absolute atomic E-state index is 13.2. The largest absolute Gasteiger partial charge is 0.497 e. The van der Waals surface area contributed by atoms with Gasteiger partial charge in [-0.25, -0.2) is 4.98 Å². The number of aromatic nitrogens is 2. The van der Waals surface area contributed by atoms with Crippen molar-refractivity contribution in [3.63, 3.8) is 0 Å². The van der Waals surface area contributed by atoms with Gasteiger partial charge in [0.2, 0.25) is 0 Å². The minimum Gasteiger partial charge on any atom is -0.497 e. The lowest BCUT2D eigenvalue weighted by molar-refractivity contribution is 0.303. The molecule has 0 saturated heterocycles. The van der Waals surface area contributed by atoms with Crippen molar-refractivity contribution in [2.45, 2.75) is 25.8 Å². The number of hydrogen-bond acceptors (Lipinski definition) is 4. The van der Waals surface area contributed by atoms with E-state index in [1.807, 2.05) is 72.8 Å². The molecule has 0 aliphatic carbocycles. The molecule has 1 heterocycles. The monoisotopic (exact) mass is 448 g/mol. The molecule has 0 fully saturated rings. The minimum atomic E-state index is -0.0150. The lowest BCUT2D eigenvalue weighted by Gasteiger charge is -2.14. The van der Waals surface area contributed by atoms with Crippen LogP contribution in [0.5, 0.6) is 11.5 Å². The van der Waals surface area contributed by atoms with E-state index in [1.54, 1.807) is 11.7 Å². The molecular weight excluding hydrogens is 424 g/mol. The number of unbranched alkanes of at least 4 members (excludes halogenated alkanes) is 2. The van der Waals surface area contributed by atoms with Gasteiger partial charge in [-0.05, 0) is 79.9 Å². The SMILES string of the molecule is COc1ccc(-c2nc3ccccc3c(=O)n2CCCCCOc2ccc(Cl)cc2)cc1. The number of ether oxygens (including phenoxy) is 2. The van der Waals surface area contributed by atoms with Gasteiger partial charge in [-0.3, -0.25) is 9.36 Å². The van der Waals surface area contributed by atoms with Gasteiger partial charge < -0.3 is 9.47 Å². The Bertz CT molecular complexity index is 1230. The Balaban J connectivity index is 1.47. The van der Waals surface area contributed by atoms with Crippen molar-refractivity contribution in [1.82, 2.24) is 9.55 Å². The predicted molar refractivity (Wildman–Crippen MR) is 129 cm³/mol. The normalized spacial score (nSPS) is 10.9. The van der Waals surface area contributed by atoms with Gasteiger partial charge in [0.1, 0.15) is 17.3 Å². The zero-order valence-electron chi connectivity index (χ0n) is 18.0. The molecule has 6 heteroatoms.